The van der Waals surface area contributed by atoms with E-state index < -0.39 is 0 Å². The Balaban J connectivity index is 1.58. The summed E-state index contributed by atoms with van der Waals surface area (Å²) in [6.45, 7) is 4.22. The van der Waals surface area contributed by atoms with Crippen LogP contribution in [0, 0.1) is 0 Å². The summed E-state index contributed by atoms with van der Waals surface area (Å²) in [5.74, 6) is 1.94. The van der Waals surface area contributed by atoms with Crippen molar-refractivity contribution in [2.45, 2.75) is 16.4 Å². The smallest absolute Gasteiger partial charge is 0.232 e. The van der Waals surface area contributed by atoms with Crippen LogP contribution < -0.4 is 20.1 Å². The van der Waals surface area contributed by atoms with Gasteiger partial charge < -0.3 is 25.0 Å². The number of hydrogen-bond acceptors (Lipinski definition) is 8. The largest absolute Gasteiger partial charge is 0.495 e. The van der Waals surface area contributed by atoms with Gasteiger partial charge in [0.2, 0.25) is 11.8 Å². The number of nitrogens with two attached hydrogens (primary N) is 1. The fraction of sp³-hybridized carbons (Fsp3) is 0.304. The minimum atomic E-state index is 0.443. The minimum Gasteiger partial charge on any atom is -0.495 e. The molecule has 1 fully saturated rings. The second-order valence-corrected chi connectivity index (χ2v) is 8.53. The van der Waals surface area contributed by atoms with Crippen molar-refractivity contribution >= 4 is 23.4 Å². The van der Waals surface area contributed by atoms with Gasteiger partial charge in [0.15, 0.2) is 0 Å². The molecule has 0 unspecified atom stereocenters. The fourth-order valence-corrected chi connectivity index (χ4v) is 4.18. The Bertz CT molecular complexity index is 1010. The lowest BCUT2D eigenvalue weighted by atomic mass is 10.2. The molecule has 0 saturated carbocycles. The Kier molecular flexibility index (Phi) is 6.79. The van der Waals surface area contributed by atoms with Crippen LogP contribution in [0.3, 0.4) is 0 Å². The van der Waals surface area contributed by atoms with Crippen LogP contribution in [0.4, 0.5) is 11.6 Å². The van der Waals surface area contributed by atoms with E-state index in [4.69, 9.17) is 20.2 Å². The molecule has 31 heavy (non-hydrogen) atoms. The summed E-state index contributed by atoms with van der Waals surface area (Å²) >= 11 is 1.53. The highest BCUT2D eigenvalue weighted by Gasteiger charge is 2.19. The first-order valence-electron chi connectivity index (χ1n) is 10.2. The number of anilines is 2. The molecular formula is C23H27N5O2S. The van der Waals surface area contributed by atoms with Gasteiger partial charge in [-0.25, -0.2) is 4.98 Å². The van der Waals surface area contributed by atoms with Crippen molar-refractivity contribution in [1.82, 2.24) is 14.9 Å². The normalized spacial score (nSPS) is 14.5. The number of ether oxygens (including phenoxy) is 2. The van der Waals surface area contributed by atoms with Crippen LogP contribution in [0.5, 0.6) is 11.6 Å². The Labute approximate surface area is 187 Å². The van der Waals surface area contributed by atoms with Gasteiger partial charge >= 0.3 is 0 Å². The fourth-order valence-electron chi connectivity index (χ4n) is 3.31. The van der Waals surface area contributed by atoms with Crippen LogP contribution in [-0.2, 0) is 6.61 Å². The van der Waals surface area contributed by atoms with Crippen LogP contribution in [0.2, 0.25) is 0 Å². The third-order valence-corrected chi connectivity index (χ3v) is 6.13. The zero-order valence-electron chi connectivity index (χ0n) is 17.8. The van der Waals surface area contributed by atoms with Crippen molar-refractivity contribution in [3.63, 3.8) is 0 Å². The maximum absolute atomic E-state index is 6.16. The lowest BCUT2D eigenvalue weighted by Crippen LogP contribution is -2.45. The molecule has 3 aromatic rings. The molecule has 2 heterocycles. The summed E-state index contributed by atoms with van der Waals surface area (Å²) in [5.41, 5.74) is 7.76. The zero-order chi connectivity index (χ0) is 21.6. The minimum absolute atomic E-state index is 0.443. The third-order valence-electron chi connectivity index (χ3n) is 5.14. The number of piperazine rings is 1. The molecule has 0 atom stereocenters. The Morgan fingerprint density at radius 2 is 1.84 bits per heavy atom. The summed E-state index contributed by atoms with van der Waals surface area (Å²) in [6.07, 6.45) is 1.84. The average Bonchev–Trinajstić information content (AvgIpc) is 2.80. The Morgan fingerprint density at radius 3 is 2.55 bits per heavy atom. The number of nitrogens with zero attached hydrogens (tertiary/aromatic N) is 4. The molecule has 1 saturated heterocycles. The van der Waals surface area contributed by atoms with Crippen LogP contribution in [0.15, 0.2) is 64.5 Å². The first-order valence-corrected chi connectivity index (χ1v) is 11.0. The van der Waals surface area contributed by atoms with E-state index in [1.54, 1.807) is 7.11 Å². The highest BCUT2D eigenvalue weighted by Crippen LogP contribution is 2.37. The summed E-state index contributed by atoms with van der Waals surface area (Å²) in [7, 11) is 3.74. The number of methoxy groups -OCH3 is 1. The van der Waals surface area contributed by atoms with Gasteiger partial charge in [0.1, 0.15) is 12.4 Å². The molecule has 0 radical (unpaired) electrons. The van der Waals surface area contributed by atoms with E-state index in [1.807, 2.05) is 54.7 Å². The molecule has 8 heteroatoms. The molecule has 4 rings (SSSR count). The highest BCUT2D eigenvalue weighted by atomic mass is 32.2. The van der Waals surface area contributed by atoms with Crippen molar-refractivity contribution in [3.8, 4) is 11.6 Å². The van der Waals surface area contributed by atoms with Crippen molar-refractivity contribution in [2.24, 2.45) is 0 Å². The highest BCUT2D eigenvalue weighted by molar-refractivity contribution is 7.99. The molecule has 0 bridgehead atoms. The number of aromatic nitrogens is 2. The van der Waals surface area contributed by atoms with Crippen LogP contribution in [0.1, 0.15) is 5.56 Å². The van der Waals surface area contributed by atoms with E-state index in [1.165, 1.54) is 11.8 Å². The molecule has 1 aromatic heterocycles. The molecule has 162 valence electrons. The van der Waals surface area contributed by atoms with Crippen LogP contribution in [0.25, 0.3) is 0 Å². The number of hydrogen-bond donors (Lipinski definition) is 1. The molecule has 0 aliphatic carbocycles. The quantitative estimate of drug-likeness (QED) is 0.563. The predicted octanol–water partition coefficient (Wildman–Crippen LogP) is 3.55. The second-order valence-electron chi connectivity index (χ2n) is 7.41. The van der Waals surface area contributed by atoms with E-state index in [0.29, 0.717) is 29.9 Å². The number of likely N-dealkylation sites (N-methyl/N-ethyl adjacent to an activating group) is 1. The molecular weight excluding hydrogens is 410 g/mol. The van der Waals surface area contributed by atoms with Gasteiger partial charge in [-0.3, -0.25) is 0 Å². The SMILES string of the molecule is COc1ccc(Sc2cnc(N3CCN(C)CC3)nc2OCc2ccccc2)cc1N. The summed E-state index contributed by atoms with van der Waals surface area (Å²) < 4.78 is 11.4. The van der Waals surface area contributed by atoms with E-state index >= 15 is 0 Å². The van der Waals surface area contributed by atoms with Crippen LogP contribution >= 0.6 is 11.8 Å². The summed E-state index contributed by atoms with van der Waals surface area (Å²) in [4.78, 5) is 15.7. The maximum atomic E-state index is 6.16. The number of nitrogen functional groups attached to an aromatic ring is 1. The van der Waals surface area contributed by atoms with Crippen molar-refractivity contribution in [1.29, 1.82) is 0 Å². The molecule has 1 aliphatic heterocycles. The first kappa shape index (κ1) is 21.3. The zero-order valence-corrected chi connectivity index (χ0v) is 18.6. The molecule has 2 N–H and O–H groups in total. The van der Waals surface area contributed by atoms with E-state index in [-0.39, 0.29) is 0 Å². The van der Waals surface area contributed by atoms with Crippen molar-refractivity contribution < 1.29 is 9.47 Å². The molecule has 7 nitrogen and oxygen atoms in total. The van der Waals surface area contributed by atoms with Crippen molar-refractivity contribution in [3.05, 3.63) is 60.3 Å². The number of benzene rings is 2. The molecule has 2 aromatic carbocycles. The molecule has 0 amide bonds. The standard InChI is InChI=1S/C23H27N5O2S/c1-27-10-12-28(13-11-27)23-25-15-21(31-18-8-9-20(29-2)19(24)14-18)22(26-23)30-16-17-6-4-3-5-7-17/h3-9,14-15H,10-13,16,24H2,1-2H3. The monoisotopic (exact) mass is 437 g/mol. The van der Waals surface area contributed by atoms with Gasteiger partial charge in [-0.15, -0.1) is 0 Å². The van der Waals surface area contributed by atoms with E-state index in [0.717, 1.165) is 41.5 Å². The third kappa shape index (κ3) is 5.39. The van der Waals surface area contributed by atoms with Gasteiger partial charge in [-0.2, -0.15) is 4.98 Å². The van der Waals surface area contributed by atoms with Gasteiger partial charge in [0, 0.05) is 31.1 Å². The van der Waals surface area contributed by atoms with Gasteiger partial charge in [0.25, 0.3) is 0 Å². The Hall–Kier alpha value is -2.97. The lowest BCUT2D eigenvalue weighted by molar-refractivity contribution is 0.283. The topological polar surface area (TPSA) is 76.7 Å². The summed E-state index contributed by atoms with van der Waals surface area (Å²) in [6, 6.07) is 15.8. The number of rotatable bonds is 7. The van der Waals surface area contributed by atoms with Gasteiger partial charge in [0.05, 0.1) is 23.9 Å². The average molecular weight is 438 g/mol. The maximum Gasteiger partial charge on any atom is 0.232 e. The van der Waals surface area contributed by atoms with E-state index in [2.05, 4.69) is 21.8 Å². The lowest BCUT2D eigenvalue weighted by Gasteiger charge is -2.32. The first-order chi connectivity index (χ1) is 15.1. The van der Waals surface area contributed by atoms with Gasteiger partial charge in [-0.1, -0.05) is 42.1 Å². The molecule has 1 aliphatic rings. The van der Waals surface area contributed by atoms with Gasteiger partial charge in [-0.05, 0) is 30.8 Å². The second kappa shape index (κ2) is 9.89. The van der Waals surface area contributed by atoms with Crippen LogP contribution in [-0.4, -0.2) is 55.2 Å². The Morgan fingerprint density at radius 1 is 1.06 bits per heavy atom. The van der Waals surface area contributed by atoms with Crippen molar-refractivity contribution in [2.75, 3.05) is 51.0 Å². The predicted molar refractivity (Wildman–Crippen MR) is 124 cm³/mol. The summed E-state index contributed by atoms with van der Waals surface area (Å²) in [5, 5.41) is 0. The molecule has 0 spiro atoms. The van der Waals surface area contributed by atoms with E-state index in [9.17, 15) is 0 Å².